The first kappa shape index (κ1) is 15.5. The molecular formula is C18H21FO2. The molecule has 0 saturated heterocycles. The molecule has 0 unspecified atom stereocenters. The molecule has 112 valence electrons. The molecule has 0 radical (unpaired) electrons. The molecule has 2 aromatic rings. The first-order chi connectivity index (χ1) is 9.88. The normalized spacial score (nSPS) is 12.5. The molecule has 0 amide bonds. The van der Waals surface area contributed by atoms with E-state index in [4.69, 9.17) is 4.74 Å². The molecule has 0 aliphatic rings. The number of rotatable bonds is 4. The maximum absolute atomic E-state index is 13.7. The average molecular weight is 288 g/mol. The summed E-state index contributed by atoms with van der Waals surface area (Å²) in [6, 6.07) is 10.8. The zero-order chi connectivity index (χ0) is 15.6. The third-order valence-electron chi connectivity index (χ3n) is 3.49. The van der Waals surface area contributed by atoms with Gasteiger partial charge in [-0.15, -0.1) is 0 Å². The minimum absolute atomic E-state index is 0.339. The van der Waals surface area contributed by atoms with E-state index in [-0.39, 0.29) is 5.82 Å². The van der Waals surface area contributed by atoms with Crippen molar-refractivity contribution >= 4 is 0 Å². The Bertz CT molecular complexity index is 633. The third-order valence-corrected chi connectivity index (χ3v) is 3.49. The average Bonchev–Trinajstić information content (AvgIpc) is 2.42. The topological polar surface area (TPSA) is 29.5 Å². The highest BCUT2D eigenvalue weighted by atomic mass is 19.1. The van der Waals surface area contributed by atoms with Crippen LogP contribution >= 0.6 is 0 Å². The fourth-order valence-electron chi connectivity index (χ4n) is 2.15. The maximum atomic E-state index is 13.7. The maximum Gasteiger partial charge on any atom is 0.133 e. The highest BCUT2D eigenvalue weighted by Gasteiger charge is 2.14. The van der Waals surface area contributed by atoms with Crippen LogP contribution in [-0.4, -0.2) is 5.11 Å². The van der Waals surface area contributed by atoms with Crippen molar-refractivity contribution < 1.29 is 14.2 Å². The Kier molecular flexibility index (Phi) is 4.63. The molecule has 0 heterocycles. The lowest BCUT2D eigenvalue weighted by molar-refractivity contribution is 0.195. The molecule has 0 aliphatic heterocycles. The molecule has 3 heteroatoms. The largest absolute Gasteiger partial charge is 0.457 e. The van der Waals surface area contributed by atoms with Gasteiger partial charge in [-0.05, 0) is 55.2 Å². The summed E-state index contributed by atoms with van der Waals surface area (Å²) in [5.74, 6) is 1.24. The smallest absolute Gasteiger partial charge is 0.133 e. The Hall–Kier alpha value is -1.87. The highest BCUT2D eigenvalue weighted by Crippen LogP contribution is 2.33. The second-order valence-corrected chi connectivity index (χ2v) is 5.64. The molecule has 2 rings (SSSR count). The van der Waals surface area contributed by atoms with E-state index in [2.05, 4.69) is 13.8 Å². The van der Waals surface area contributed by atoms with Gasteiger partial charge in [0.1, 0.15) is 17.3 Å². The van der Waals surface area contributed by atoms with E-state index >= 15 is 0 Å². The van der Waals surface area contributed by atoms with Crippen LogP contribution in [0.2, 0.25) is 0 Å². The van der Waals surface area contributed by atoms with Crippen molar-refractivity contribution in [2.75, 3.05) is 0 Å². The molecule has 0 aliphatic carbocycles. The molecule has 0 spiro atoms. The number of ether oxygens (including phenoxy) is 1. The molecule has 0 saturated carbocycles. The van der Waals surface area contributed by atoms with Crippen molar-refractivity contribution in [3.8, 4) is 11.5 Å². The number of hydrogen-bond donors (Lipinski definition) is 1. The second-order valence-electron chi connectivity index (χ2n) is 5.64. The van der Waals surface area contributed by atoms with Gasteiger partial charge >= 0.3 is 0 Å². The van der Waals surface area contributed by atoms with Crippen LogP contribution < -0.4 is 4.74 Å². The van der Waals surface area contributed by atoms with Crippen LogP contribution in [0.25, 0.3) is 0 Å². The summed E-state index contributed by atoms with van der Waals surface area (Å²) in [7, 11) is 0. The monoisotopic (exact) mass is 288 g/mol. The van der Waals surface area contributed by atoms with E-state index in [0.717, 1.165) is 0 Å². The van der Waals surface area contributed by atoms with Crippen LogP contribution in [0, 0.1) is 12.7 Å². The molecular weight excluding hydrogens is 267 g/mol. The highest BCUT2D eigenvalue weighted by molar-refractivity contribution is 5.43. The standard InChI is InChI=1S/C18H21FO2/c1-11(2)14-6-5-7-15(9-14)21-18-8-12(3)17(19)10-16(18)13(4)20/h5-11,13,20H,1-4H3/t13-/m1/s1. The van der Waals surface area contributed by atoms with Gasteiger partial charge < -0.3 is 9.84 Å². The molecule has 0 fully saturated rings. The molecule has 21 heavy (non-hydrogen) atoms. The van der Waals surface area contributed by atoms with Gasteiger partial charge in [0.2, 0.25) is 0 Å². The lowest BCUT2D eigenvalue weighted by Gasteiger charge is -2.15. The number of aryl methyl sites for hydroxylation is 1. The first-order valence-electron chi connectivity index (χ1n) is 7.14. The summed E-state index contributed by atoms with van der Waals surface area (Å²) in [6.07, 6.45) is -0.789. The number of aliphatic hydroxyl groups is 1. The SMILES string of the molecule is Cc1cc(Oc2cccc(C(C)C)c2)c([C@@H](C)O)cc1F. The van der Waals surface area contributed by atoms with E-state index in [1.807, 2.05) is 24.3 Å². The fraction of sp³-hybridized carbons (Fsp3) is 0.333. The van der Waals surface area contributed by atoms with Gasteiger partial charge in [0.25, 0.3) is 0 Å². The van der Waals surface area contributed by atoms with Crippen LogP contribution in [0.4, 0.5) is 4.39 Å². The summed E-state index contributed by atoms with van der Waals surface area (Å²) in [5.41, 5.74) is 2.12. The Labute approximate surface area is 125 Å². The van der Waals surface area contributed by atoms with Gasteiger partial charge in [-0.3, -0.25) is 0 Å². The van der Waals surface area contributed by atoms with Gasteiger partial charge in [0, 0.05) is 5.56 Å². The van der Waals surface area contributed by atoms with Crippen LogP contribution in [0.5, 0.6) is 11.5 Å². The lowest BCUT2D eigenvalue weighted by atomic mass is 10.0. The second kappa shape index (κ2) is 6.27. The minimum Gasteiger partial charge on any atom is -0.457 e. The van der Waals surface area contributed by atoms with Crippen molar-refractivity contribution in [2.45, 2.75) is 39.7 Å². The number of aliphatic hydroxyl groups excluding tert-OH is 1. The molecule has 2 aromatic carbocycles. The zero-order valence-electron chi connectivity index (χ0n) is 12.9. The lowest BCUT2D eigenvalue weighted by Crippen LogP contribution is -1.99. The van der Waals surface area contributed by atoms with Crippen molar-refractivity contribution in [3.05, 3.63) is 58.9 Å². The van der Waals surface area contributed by atoms with Crippen molar-refractivity contribution in [1.82, 2.24) is 0 Å². The van der Waals surface area contributed by atoms with E-state index in [1.54, 1.807) is 19.9 Å². The molecule has 0 aromatic heterocycles. The van der Waals surface area contributed by atoms with Crippen molar-refractivity contribution in [3.63, 3.8) is 0 Å². The molecule has 2 nitrogen and oxygen atoms in total. The fourth-order valence-corrected chi connectivity index (χ4v) is 2.15. The van der Waals surface area contributed by atoms with Crippen molar-refractivity contribution in [1.29, 1.82) is 0 Å². The van der Waals surface area contributed by atoms with Gasteiger partial charge in [-0.25, -0.2) is 4.39 Å². The van der Waals surface area contributed by atoms with Gasteiger partial charge in [-0.1, -0.05) is 26.0 Å². The predicted molar refractivity (Wildman–Crippen MR) is 82.4 cm³/mol. The Morgan fingerprint density at radius 1 is 1.10 bits per heavy atom. The number of halogens is 1. The van der Waals surface area contributed by atoms with Crippen LogP contribution in [0.3, 0.4) is 0 Å². The van der Waals surface area contributed by atoms with E-state index in [9.17, 15) is 9.50 Å². The van der Waals surface area contributed by atoms with E-state index in [0.29, 0.717) is 28.5 Å². The van der Waals surface area contributed by atoms with Gasteiger partial charge in [-0.2, -0.15) is 0 Å². The van der Waals surface area contributed by atoms with Crippen LogP contribution in [-0.2, 0) is 0 Å². The summed E-state index contributed by atoms with van der Waals surface area (Å²) in [5, 5.41) is 9.79. The molecule has 1 atom stereocenters. The predicted octanol–water partition coefficient (Wildman–Crippen LogP) is 5.10. The summed E-state index contributed by atoms with van der Waals surface area (Å²) in [4.78, 5) is 0. The summed E-state index contributed by atoms with van der Waals surface area (Å²) < 4.78 is 19.5. The van der Waals surface area contributed by atoms with Crippen molar-refractivity contribution in [2.24, 2.45) is 0 Å². The minimum atomic E-state index is -0.789. The third kappa shape index (κ3) is 3.61. The summed E-state index contributed by atoms with van der Waals surface area (Å²) >= 11 is 0. The summed E-state index contributed by atoms with van der Waals surface area (Å²) in [6.45, 7) is 7.50. The van der Waals surface area contributed by atoms with E-state index in [1.165, 1.54) is 11.6 Å². The quantitative estimate of drug-likeness (QED) is 0.847. The number of benzene rings is 2. The Morgan fingerprint density at radius 2 is 1.81 bits per heavy atom. The Balaban J connectivity index is 2.39. The van der Waals surface area contributed by atoms with Gasteiger partial charge in [0.15, 0.2) is 0 Å². The number of hydrogen-bond acceptors (Lipinski definition) is 2. The van der Waals surface area contributed by atoms with Crippen LogP contribution in [0.15, 0.2) is 36.4 Å². The van der Waals surface area contributed by atoms with Crippen LogP contribution in [0.1, 0.15) is 49.5 Å². The molecule has 1 N–H and O–H groups in total. The van der Waals surface area contributed by atoms with E-state index < -0.39 is 6.10 Å². The van der Waals surface area contributed by atoms with Gasteiger partial charge in [0.05, 0.1) is 6.10 Å². The molecule has 0 bridgehead atoms. The Morgan fingerprint density at radius 3 is 2.43 bits per heavy atom. The zero-order valence-corrected chi connectivity index (χ0v) is 12.9. The first-order valence-corrected chi connectivity index (χ1v) is 7.14.